The number of hydrogen-bond acceptors (Lipinski definition) is 3. The Kier molecular flexibility index (Phi) is 5.41. The summed E-state index contributed by atoms with van der Waals surface area (Å²) in [4.78, 5) is 21.0. The third kappa shape index (κ3) is 3.72. The molecule has 0 atom stereocenters. The number of nitrogens with zero attached hydrogens (tertiary/aromatic N) is 2. The summed E-state index contributed by atoms with van der Waals surface area (Å²) >= 11 is 0. The van der Waals surface area contributed by atoms with Crippen LogP contribution in [0.15, 0.2) is 48.8 Å². The summed E-state index contributed by atoms with van der Waals surface area (Å²) in [6.07, 6.45) is 3.36. The second-order valence-electron chi connectivity index (χ2n) is 5.00. The van der Waals surface area contributed by atoms with Crippen LogP contribution in [0.2, 0.25) is 0 Å². The number of pyridine rings is 2. The van der Waals surface area contributed by atoms with Gasteiger partial charge >= 0.3 is 0 Å². The Labute approximate surface area is 136 Å². The highest BCUT2D eigenvalue weighted by Gasteiger charge is 2.11. The minimum absolute atomic E-state index is 0.134. The van der Waals surface area contributed by atoms with Gasteiger partial charge in [0.1, 0.15) is 5.52 Å². The maximum atomic E-state index is 12.4. The summed E-state index contributed by atoms with van der Waals surface area (Å²) in [6.45, 7) is 7.94. The SMILES string of the molecule is CC.Cc1ccc(C(=O)Nc2ccnc3cccnc23)c(C)c1. The lowest BCUT2D eigenvalue weighted by Gasteiger charge is -2.09. The maximum Gasteiger partial charge on any atom is 0.255 e. The van der Waals surface area contributed by atoms with Crippen LogP contribution in [0, 0.1) is 13.8 Å². The van der Waals surface area contributed by atoms with Crippen LogP contribution in [0.1, 0.15) is 35.3 Å². The lowest BCUT2D eigenvalue weighted by molar-refractivity contribution is 0.102. The molecule has 3 aromatic rings. The highest BCUT2D eigenvalue weighted by Crippen LogP contribution is 2.20. The van der Waals surface area contributed by atoms with Gasteiger partial charge in [0, 0.05) is 18.0 Å². The van der Waals surface area contributed by atoms with Gasteiger partial charge in [0.2, 0.25) is 0 Å². The van der Waals surface area contributed by atoms with Crippen molar-refractivity contribution in [3.8, 4) is 0 Å². The Bertz CT molecular complexity index is 822. The van der Waals surface area contributed by atoms with E-state index in [0.717, 1.165) is 16.6 Å². The lowest BCUT2D eigenvalue weighted by atomic mass is 10.1. The van der Waals surface area contributed by atoms with Crippen LogP contribution in [-0.4, -0.2) is 15.9 Å². The van der Waals surface area contributed by atoms with Crippen molar-refractivity contribution in [2.75, 3.05) is 5.32 Å². The highest BCUT2D eigenvalue weighted by atomic mass is 16.1. The van der Waals surface area contributed by atoms with E-state index in [-0.39, 0.29) is 5.91 Å². The van der Waals surface area contributed by atoms with E-state index in [4.69, 9.17) is 0 Å². The van der Waals surface area contributed by atoms with Crippen LogP contribution in [0.4, 0.5) is 5.69 Å². The van der Waals surface area contributed by atoms with Crippen molar-refractivity contribution in [1.82, 2.24) is 9.97 Å². The Morgan fingerprint density at radius 1 is 1.00 bits per heavy atom. The van der Waals surface area contributed by atoms with Gasteiger partial charge < -0.3 is 5.32 Å². The van der Waals surface area contributed by atoms with E-state index in [2.05, 4.69) is 15.3 Å². The fourth-order valence-corrected chi connectivity index (χ4v) is 2.34. The number of rotatable bonds is 2. The second kappa shape index (κ2) is 7.49. The van der Waals surface area contributed by atoms with Crippen molar-refractivity contribution in [2.24, 2.45) is 0 Å². The van der Waals surface area contributed by atoms with Crippen molar-refractivity contribution in [2.45, 2.75) is 27.7 Å². The zero-order valence-electron chi connectivity index (χ0n) is 13.9. The van der Waals surface area contributed by atoms with Crippen molar-refractivity contribution in [3.63, 3.8) is 0 Å². The van der Waals surface area contributed by atoms with E-state index in [1.807, 2.05) is 58.0 Å². The van der Waals surface area contributed by atoms with Gasteiger partial charge in [0.25, 0.3) is 5.91 Å². The lowest BCUT2D eigenvalue weighted by Crippen LogP contribution is -2.14. The molecule has 0 saturated heterocycles. The zero-order valence-corrected chi connectivity index (χ0v) is 13.9. The highest BCUT2D eigenvalue weighted by molar-refractivity contribution is 6.08. The third-order valence-electron chi connectivity index (χ3n) is 3.37. The molecule has 1 amide bonds. The maximum absolute atomic E-state index is 12.4. The van der Waals surface area contributed by atoms with Gasteiger partial charge in [-0.2, -0.15) is 0 Å². The van der Waals surface area contributed by atoms with Gasteiger partial charge in [-0.15, -0.1) is 0 Å². The average molecular weight is 307 g/mol. The minimum Gasteiger partial charge on any atom is -0.320 e. The first-order valence-electron chi connectivity index (χ1n) is 7.73. The predicted molar refractivity (Wildman–Crippen MR) is 94.8 cm³/mol. The number of hydrogen-bond donors (Lipinski definition) is 1. The molecule has 0 spiro atoms. The van der Waals surface area contributed by atoms with E-state index in [9.17, 15) is 4.79 Å². The van der Waals surface area contributed by atoms with Gasteiger partial charge in [-0.05, 0) is 43.7 Å². The van der Waals surface area contributed by atoms with Crippen LogP contribution < -0.4 is 5.32 Å². The van der Waals surface area contributed by atoms with Crippen molar-refractivity contribution in [1.29, 1.82) is 0 Å². The van der Waals surface area contributed by atoms with Crippen LogP contribution >= 0.6 is 0 Å². The molecule has 0 saturated carbocycles. The Balaban J connectivity index is 0.000000924. The summed E-state index contributed by atoms with van der Waals surface area (Å²) < 4.78 is 0. The van der Waals surface area contributed by atoms with Gasteiger partial charge in [0.15, 0.2) is 0 Å². The average Bonchev–Trinajstić information content (AvgIpc) is 2.57. The van der Waals surface area contributed by atoms with Gasteiger partial charge in [0.05, 0.1) is 11.2 Å². The molecule has 0 aliphatic heterocycles. The summed E-state index contributed by atoms with van der Waals surface area (Å²) in [6, 6.07) is 11.2. The molecule has 0 aliphatic carbocycles. The van der Waals surface area contributed by atoms with Gasteiger partial charge in [-0.1, -0.05) is 31.5 Å². The molecule has 2 heterocycles. The molecule has 3 rings (SSSR count). The van der Waals surface area contributed by atoms with E-state index in [0.29, 0.717) is 16.8 Å². The molecule has 0 bridgehead atoms. The number of fused-ring (bicyclic) bond motifs is 1. The second-order valence-corrected chi connectivity index (χ2v) is 5.00. The molecule has 4 nitrogen and oxygen atoms in total. The van der Waals surface area contributed by atoms with Crippen molar-refractivity contribution >= 4 is 22.6 Å². The number of carbonyl (C=O) groups excluding carboxylic acids is 1. The molecule has 4 heteroatoms. The van der Waals surface area contributed by atoms with Gasteiger partial charge in [-0.3, -0.25) is 14.8 Å². The normalized spacial score (nSPS) is 9.91. The molecule has 0 aliphatic rings. The number of anilines is 1. The molecule has 0 unspecified atom stereocenters. The number of benzene rings is 1. The smallest absolute Gasteiger partial charge is 0.255 e. The summed E-state index contributed by atoms with van der Waals surface area (Å²) in [7, 11) is 0. The quantitative estimate of drug-likeness (QED) is 0.757. The van der Waals surface area contributed by atoms with Gasteiger partial charge in [-0.25, -0.2) is 0 Å². The number of amides is 1. The first kappa shape index (κ1) is 16.6. The van der Waals surface area contributed by atoms with Crippen molar-refractivity contribution in [3.05, 3.63) is 65.5 Å². The molecular weight excluding hydrogens is 286 g/mol. The molecule has 0 fully saturated rings. The zero-order chi connectivity index (χ0) is 16.8. The number of aromatic nitrogens is 2. The standard InChI is InChI=1S/C17H15N3O.C2H6/c1-11-5-6-13(12(2)10-11)17(21)20-15-7-9-18-14-4-3-8-19-16(14)15;1-2/h3-10H,1-2H3,(H,18,20,21);1-2H3. The van der Waals surface area contributed by atoms with E-state index >= 15 is 0 Å². The first-order chi connectivity index (χ1) is 11.1. The fourth-order valence-electron chi connectivity index (χ4n) is 2.34. The molecule has 1 N–H and O–H groups in total. The van der Waals surface area contributed by atoms with Crippen molar-refractivity contribution < 1.29 is 4.79 Å². The summed E-state index contributed by atoms with van der Waals surface area (Å²) in [5, 5.41) is 2.92. The summed E-state index contributed by atoms with van der Waals surface area (Å²) in [5.41, 5.74) is 4.89. The number of carbonyl (C=O) groups is 1. The molecule has 2 aromatic heterocycles. The predicted octanol–water partition coefficient (Wildman–Crippen LogP) is 4.53. The number of nitrogens with one attached hydrogen (secondary N) is 1. The summed E-state index contributed by atoms with van der Waals surface area (Å²) in [5.74, 6) is -0.134. The Morgan fingerprint density at radius 3 is 2.52 bits per heavy atom. The van der Waals surface area contributed by atoms with E-state index in [1.54, 1.807) is 18.5 Å². The molecule has 23 heavy (non-hydrogen) atoms. The van der Waals surface area contributed by atoms with E-state index < -0.39 is 0 Å². The van der Waals surface area contributed by atoms with E-state index in [1.165, 1.54) is 0 Å². The Morgan fingerprint density at radius 2 is 1.78 bits per heavy atom. The molecule has 0 radical (unpaired) electrons. The van der Waals surface area contributed by atoms with Crippen LogP contribution in [0.3, 0.4) is 0 Å². The molecular formula is C19H21N3O. The molecule has 118 valence electrons. The van der Waals surface area contributed by atoms with Crippen LogP contribution in [-0.2, 0) is 0 Å². The minimum atomic E-state index is -0.134. The number of aryl methyl sites for hydroxylation is 2. The monoisotopic (exact) mass is 307 g/mol. The van der Waals surface area contributed by atoms with Crippen LogP contribution in [0.5, 0.6) is 0 Å². The third-order valence-corrected chi connectivity index (χ3v) is 3.37. The molecule has 1 aromatic carbocycles. The topological polar surface area (TPSA) is 54.9 Å². The van der Waals surface area contributed by atoms with Crippen LogP contribution in [0.25, 0.3) is 11.0 Å². The largest absolute Gasteiger partial charge is 0.320 e. The first-order valence-corrected chi connectivity index (χ1v) is 7.73. The Hall–Kier alpha value is -2.75. The fraction of sp³-hybridized carbons (Fsp3) is 0.211.